The summed E-state index contributed by atoms with van der Waals surface area (Å²) in [6, 6.07) is 15.9. The molecule has 120 valence electrons. The van der Waals surface area contributed by atoms with E-state index in [1.54, 1.807) is 6.92 Å². The fourth-order valence-electron chi connectivity index (χ4n) is 2.40. The van der Waals surface area contributed by atoms with Gasteiger partial charge in [0.2, 0.25) is 11.8 Å². The molecule has 0 aromatic heterocycles. The van der Waals surface area contributed by atoms with Crippen molar-refractivity contribution in [1.82, 2.24) is 10.6 Å². The summed E-state index contributed by atoms with van der Waals surface area (Å²) in [6.45, 7) is 5.56. The van der Waals surface area contributed by atoms with Crippen molar-refractivity contribution in [2.24, 2.45) is 0 Å². The van der Waals surface area contributed by atoms with Crippen LogP contribution in [0, 0.1) is 6.92 Å². The van der Waals surface area contributed by atoms with E-state index in [1.807, 2.05) is 18.2 Å². The Morgan fingerprint density at radius 2 is 1.70 bits per heavy atom. The van der Waals surface area contributed by atoms with Crippen LogP contribution in [-0.4, -0.2) is 17.9 Å². The van der Waals surface area contributed by atoms with E-state index < -0.39 is 6.04 Å². The van der Waals surface area contributed by atoms with Gasteiger partial charge in [-0.3, -0.25) is 9.59 Å². The predicted molar refractivity (Wildman–Crippen MR) is 91.7 cm³/mol. The Morgan fingerprint density at radius 3 is 2.35 bits per heavy atom. The fourth-order valence-corrected chi connectivity index (χ4v) is 2.40. The molecule has 2 amide bonds. The Labute approximate surface area is 136 Å². The second-order valence-electron chi connectivity index (χ2n) is 5.71. The average Bonchev–Trinajstić information content (AvgIpc) is 2.52. The van der Waals surface area contributed by atoms with Crippen molar-refractivity contribution in [1.29, 1.82) is 0 Å². The van der Waals surface area contributed by atoms with Crippen molar-refractivity contribution in [2.45, 2.75) is 33.4 Å². The van der Waals surface area contributed by atoms with E-state index in [-0.39, 0.29) is 11.8 Å². The highest BCUT2D eigenvalue weighted by atomic mass is 16.2. The topological polar surface area (TPSA) is 58.2 Å². The minimum atomic E-state index is -0.535. The molecule has 0 saturated heterocycles. The third-order valence-corrected chi connectivity index (χ3v) is 3.56. The number of hydrogen-bond donors (Lipinski definition) is 2. The van der Waals surface area contributed by atoms with Crippen LogP contribution in [0.25, 0.3) is 11.1 Å². The minimum Gasteiger partial charge on any atom is -0.350 e. The first kappa shape index (κ1) is 16.7. The lowest BCUT2D eigenvalue weighted by Gasteiger charge is -2.13. The van der Waals surface area contributed by atoms with Gasteiger partial charge in [-0.15, -0.1) is 0 Å². The van der Waals surface area contributed by atoms with Gasteiger partial charge in [-0.05, 0) is 36.6 Å². The summed E-state index contributed by atoms with van der Waals surface area (Å²) < 4.78 is 0. The number of rotatable bonds is 5. The average molecular weight is 310 g/mol. The van der Waals surface area contributed by atoms with Crippen molar-refractivity contribution >= 4 is 11.8 Å². The molecule has 4 nitrogen and oxygen atoms in total. The molecule has 2 aromatic carbocycles. The molecular formula is C19H22N2O2. The molecule has 0 heterocycles. The quantitative estimate of drug-likeness (QED) is 0.892. The molecule has 4 heteroatoms. The van der Waals surface area contributed by atoms with Crippen LogP contribution in [0.4, 0.5) is 0 Å². The molecule has 0 fully saturated rings. The molecule has 0 aliphatic rings. The van der Waals surface area contributed by atoms with Gasteiger partial charge >= 0.3 is 0 Å². The third-order valence-electron chi connectivity index (χ3n) is 3.56. The largest absolute Gasteiger partial charge is 0.350 e. The Kier molecular flexibility index (Phi) is 5.52. The predicted octanol–water partition coefficient (Wildman–Crippen LogP) is 2.80. The zero-order valence-corrected chi connectivity index (χ0v) is 13.7. The molecular weight excluding hydrogens is 288 g/mol. The van der Waals surface area contributed by atoms with Crippen LogP contribution in [0.1, 0.15) is 25.0 Å². The molecule has 2 N–H and O–H groups in total. The Balaban J connectivity index is 2.03. The van der Waals surface area contributed by atoms with E-state index in [2.05, 4.69) is 47.9 Å². The molecule has 0 radical (unpaired) electrons. The lowest BCUT2D eigenvalue weighted by atomic mass is 10.0. The summed E-state index contributed by atoms with van der Waals surface area (Å²) in [5, 5.41) is 5.41. The molecule has 1 atom stereocenters. The van der Waals surface area contributed by atoms with E-state index in [0.717, 1.165) is 16.7 Å². The zero-order chi connectivity index (χ0) is 16.8. The first-order valence-electron chi connectivity index (χ1n) is 7.66. The number of aryl methyl sites for hydroxylation is 1. The number of amides is 2. The van der Waals surface area contributed by atoms with Gasteiger partial charge < -0.3 is 10.6 Å². The highest BCUT2D eigenvalue weighted by Crippen LogP contribution is 2.21. The van der Waals surface area contributed by atoms with Gasteiger partial charge in [-0.1, -0.05) is 48.0 Å². The second-order valence-corrected chi connectivity index (χ2v) is 5.71. The second kappa shape index (κ2) is 7.58. The monoisotopic (exact) mass is 310 g/mol. The van der Waals surface area contributed by atoms with Crippen LogP contribution in [0.5, 0.6) is 0 Å². The van der Waals surface area contributed by atoms with E-state index in [4.69, 9.17) is 0 Å². The Bertz CT molecular complexity index is 710. The van der Waals surface area contributed by atoms with Crippen molar-refractivity contribution < 1.29 is 9.59 Å². The summed E-state index contributed by atoms with van der Waals surface area (Å²) in [5.74, 6) is -0.407. The summed E-state index contributed by atoms with van der Waals surface area (Å²) in [7, 11) is 0. The van der Waals surface area contributed by atoms with Crippen molar-refractivity contribution in [3.63, 3.8) is 0 Å². The first-order valence-corrected chi connectivity index (χ1v) is 7.66. The van der Waals surface area contributed by atoms with Gasteiger partial charge in [0, 0.05) is 13.5 Å². The molecule has 2 aromatic rings. The highest BCUT2D eigenvalue weighted by Gasteiger charge is 2.12. The lowest BCUT2D eigenvalue weighted by molar-refractivity contribution is -0.127. The molecule has 2 rings (SSSR count). The molecule has 0 spiro atoms. The smallest absolute Gasteiger partial charge is 0.242 e. The van der Waals surface area contributed by atoms with Crippen LogP contribution in [0.2, 0.25) is 0 Å². The third kappa shape index (κ3) is 4.95. The van der Waals surface area contributed by atoms with Crippen LogP contribution >= 0.6 is 0 Å². The number of hydrogen-bond acceptors (Lipinski definition) is 2. The van der Waals surface area contributed by atoms with E-state index in [0.29, 0.717) is 6.54 Å². The molecule has 0 bridgehead atoms. The lowest BCUT2D eigenvalue weighted by Crippen LogP contribution is -2.43. The summed E-state index contributed by atoms with van der Waals surface area (Å²) >= 11 is 0. The molecule has 0 aliphatic carbocycles. The SMILES string of the molecule is CC(=O)N[C@H](C)C(=O)NCc1cccc(-c2cccc(C)c2)c1. The first-order chi connectivity index (χ1) is 11.0. The van der Waals surface area contributed by atoms with Crippen molar-refractivity contribution in [2.75, 3.05) is 0 Å². The molecule has 23 heavy (non-hydrogen) atoms. The van der Waals surface area contributed by atoms with Gasteiger partial charge in [0.25, 0.3) is 0 Å². The molecule has 0 unspecified atom stereocenters. The van der Waals surface area contributed by atoms with Gasteiger partial charge in [0.1, 0.15) is 6.04 Å². The fraction of sp³-hybridized carbons (Fsp3) is 0.263. The maximum Gasteiger partial charge on any atom is 0.242 e. The minimum absolute atomic E-state index is 0.193. The Morgan fingerprint density at radius 1 is 1.04 bits per heavy atom. The van der Waals surface area contributed by atoms with Crippen molar-refractivity contribution in [3.8, 4) is 11.1 Å². The summed E-state index contributed by atoms with van der Waals surface area (Å²) in [6.07, 6.45) is 0. The van der Waals surface area contributed by atoms with Crippen LogP contribution in [0.3, 0.4) is 0 Å². The van der Waals surface area contributed by atoms with Crippen LogP contribution in [0.15, 0.2) is 48.5 Å². The van der Waals surface area contributed by atoms with Gasteiger partial charge in [-0.25, -0.2) is 0 Å². The van der Waals surface area contributed by atoms with Gasteiger partial charge in [-0.2, -0.15) is 0 Å². The summed E-state index contributed by atoms with van der Waals surface area (Å²) in [4.78, 5) is 22.9. The van der Waals surface area contributed by atoms with Gasteiger partial charge in [0.15, 0.2) is 0 Å². The number of benzene rings is 2. The Hall–Kier alpha value is -2.62. The summed E-state index contributed by atoms with van der Waals surface area (Å²) in [5.41, 5.74) is 4.51. The van der Waals surface area contributed by atoms with Crippen molar-refractivity contribution in [3.05, 3.63) is 59.7 Å². The molecule has 0 saturated carbocycles. The van der Waals surface area contributed by atoms with E-state index >= 15 is 0 Å². The molecule has 0 aliphatic heterocycles. The van der Waals surface area contributed by atoms with E-state index in [1.165, 1.54) is 12.5 Å². The number of carbonyl (C=O) groups excluding carboxylic acids is 2. The highest BCUT2D eigenvalue weighted by molar-refractivity contribution is 5.86. The number of carbonyl (C=O) groups is 2. The maximum atomic E-state index is 11.9. The van der Waals surface area contributed by atoms with Crippen LogP contribution < -0.4 is 10.6 Å². The number of nitrogens with one attached hydrogen (secondary N) is 2. The normalized spacial score (nSPS) is 11.6. The van der Waals surface area contributed by atoms with Gasteiger partial charge in [0.05, 0.1) is 0 Å². The standard InChI is InChI=1S/C19H22N2O2/c1-13-6-4-8-17(10-13)18-9-5-7-16(11-18)12-20-19(23)14(2)21-15(3)22/h4-11,14H,12H2,1-3H3,(H,20,23)(H,21,22)/t14-/m1/s1. The van der Waals surface area contributed by atoms with Crippen LogP contribution in [-0.2, 0) is 16.1 Å². The maximum absolute atomic E-state index is 11.9. The van der Waals surface area contributed by atoms with E-state index in [9.17, 15) is 9.59 Å². The zero-order valence-electron chi connectivity index (χ0n) is 13.7.